The van der Waals surface area contributed by atoms with Gasteiger partial charge in [-0.25, -0.2) is 4.98 Å². The van der Waals surface area contributed by atoms with Crippen LogP contribution in [0, 0.1) is 0 Å². The first-order valence-corrected chi connectivity index (χ1v) is 6.51. The Morgan fingerprint density at radius 2 is 1.88 bits per heavy atom. The number of benzene rings is 1. The molecule has 0 atom stereocenters. The summed E-state index contributed by atoms with van der Waals surface area (Å²) in [4.78, 5) is 4.19. The third kappa shape index (κ3) is 3.30. The van der Waals surface area contributed by atoms with Gasteiger partial charge >= 0.3 is 0 Å². The molecule has 1 aromatic carbocycles. The number of pyridine rings is 1. The molecule has 0 fully saturated rings. The summed E-state index contributed by atoms with van der Waals surface area (Å²) in [5.41, 5.74) is 3.78. The van der Waals surface area contributed by atoms with Crippen molar-refractivity contribution in [3.8, 4) is 0 Å². The summed E-state index contributed by atoms with van der Waals surface area (Å²) in [6, 6.07) is 12.5. The fraction of sp³-hybridized carbons (Fsp3) is 0.214. The minimum absolute atomic E-state index is 0.841. The highest BCUT2D eigenvalue weighted by atomic mass is 79.9. The standard InChI is InChI=1S/C14H15BrN2/c1-2-11-5-3-4-6-12(11)9-16-13-7-8-14(15)17-10-13/h3-8,10,16H,2,9H2,1H3. The smallest absolute Gasteiger partial charge is 0.106 e. The number of nitrogens with one attached hydrogen (secondary N) is 1. The first kappa shape index (κ1) is 12.1. The number of nitrogens with zero attached hydrogens (tertiary/aromatic N) is 1. The van der Waals surface area contributed by atoms with E-state index in [2.05, 4.69) is 57.4 Å². The van der Waals surface area contributed by atoms with Gasteiger partial charge in [-0.2, -0.15) is 0 Å². The first-order chi connectivity index (χ1) is 8.29. The Morgan fingerprint density at radius 3 is 2.53 bits per heavy atom. The summed E-state index contributed by atoms with van der Waals surface area (Å²) in [7, 11) is 0. The average molecular weight is 291 g/mol. The summed E-state index contributed by atoms with van der Waals surface area (Å²) in [5.74, 6) is 0. The van der Waals surface area contributed by atoms with Crippen molar-refractivity contribution in [3.05, 3.63) is 58.3 Å². The molecule has 2 rings (SSSR count). The Morgan fingerprint density at radius 1 is 1.12 bits per heavy atom. The Kier molecular flexibility index (Phi) is 4.15. The largest absolute Gasteiger partial charge is 0.380 e. The van der Waals surface area contributed by atoms with Gasteiger partial charge in [-0.15, -0.1) is 0 Å². The Bertz CT molecular complexity index is 480. The molecule has 0 spiro atoms. The van der Waals surface area contributed by atoms with Crippen LogP contribution in [0.4, 0.5) is 5.69 Å². The van der Waals surface area contributed by atoms with E-state index in [1.165, 1.54) is 11.1 Å². The van der Waals surface area contributed by atoms with Gasteiger partial charge in [0, 0.05) is 6.54 Å². The van der Waals surface area contributed by atoms with E-state index in [1.54, 1.807) is 0 Å². The third-order valence-corrected chi connectivity index (χ3v) is 3.18. The highest BCUT2D eigenvalue weighted by Crippen LogP contribution is 2.14. The van der Waals surface area contributed by atoms with E-state index < -0.39 is 0 Å². The predicted octanol–water partition coefficient (Wildman–Crippen LogP) is 4.02. The molecule has 0 saturated carbocycles. The minimum atomic E-state index is 0.841. The van der Waals surface area contributed by atoms with Crippen LogP contribution in [0.1, 0.15) is 18.1 Å². The van der Waals surface area contributed by atoms with Crippen LogP contribution < -0.4 is 5.32 Å². The molecule has 3 heteroatoms. The van der Waals surface area contributed by atoms with Gasteiger partial charge in [-0.1, -0.05) is 31.2 Å². The normalized spacial score (nSPS) is 10.2. The predicted molar refractivity (Wildman–Crippen MR) is 75.1 cm³/mol. The molecule has 2 aromatic rings. The topological polar surface area (TPSA) is 24.9 Å². The van der Waals surface area contributed by atoms with E-state index in [1.807, 2.05) is 18.3 Å². The molecule has 88 valence electrons. The average Bonchev–Trinajstić information content (AvgIpc) is 2.38. The highest BCUT2D eigenvalue weighted by molar-refractivity contribution is 9.10. The molecule has 0 bridgehead atoms. The van der Waals surface area contributed by atoms with Gasteiger partial charge < -0.3 is 5.32 Å². The van der Waals surface area contributed by atoms with Crippen molar-refractivity contribution in [1.82, 2.24) is 4.98 Å². The van der Waals surface area contributed by atoms with Crippen molar-refractivity contribution >= 4 is 21.6 Å². The lowest BCUT2D eigenvalue weighted by molar-refractivity contribution is 1.04. The van der Waals surface area contributed by atoms with Gasteiger partial charge in [0.2, 0.25) is 0 Å². The van der Waals surface area contributed by atoms with E-state index in [9.17, 15) is 0 Å². The molecule has 0 aliphatic carbocycles. The second-order valence-corrected chi connectivity index (χ2v) is 4.66. The SMILES string of the molecule is CCc1ccccc1CNc1ccc(Br)nc1. The quantitative estimate of drug-likeness (QED) is 0.861. The number of aryl methyl sites for hydroxylation is 1. The van der Waals surface area contributed by atoms with Crippen LogP contribution in [0.3, 0.4) is 0 Å². The summed E-state index contributed by atoms with van der Waals surface area (Å²) in [6.45, 7) is 3.02. The van der Waals surface area contributed by atoms with Crippen LogP contribution in [-0.4, -0.2) is 4.98 Å². The highest BCUT2D eigenvalue weighted by Gasteiger charge is 1.99. The lowest BCUT2D eigenvalue weighted by Gasteiger charge is -2.09. The van der Waals surface area contributed by atoms with Crippen molar-refractivity contribution in [2.75, 3.05) is 5.32 Å². The molecule has 1 N–H and O–H groups in total. The zero-order chi connectivity index (χ0) is 12.1. The van der Waals surface area contributed by atoms with Gasteiger partial charge in [0.15, 0.2) is 0 Å². The van der Waals surface area contributed by atoms with E-state index in [4.69, 9.17) is 0 Å². The van der Waals surface area contributed by atoms with Crippen LogP contribution in [0.25, 0.3) is 0 Å². The summed E-state index contributed by atoms with van der Waals surface area (Å²) < 4.78 is 0.858. The molecular weight excluding hydrogens is 276 g/mol. The van der Waals surface area contributed by atoms with Gasteiger partial charge in [0.05, 0.1) is 11.9 Å². The Hall–Kier alpha value is -1.35. The number of halogens is 1. The molecule has 1 aromatic heterocycles. The molecule has 0 aliphatic heterocycles. The first-order valence-electron chi connectivity index (χ1n) is 5.72. The third-order valence-electron chi connectivity index (χ3n) is 2.71. The fourth-order valence-corrected chi connectivity index (χ4v) is 1.99. The zero-order valence-electron chi connectivity index (χ0n) is 9.78. The lowest BCUT2D eigenvalue weighted by atomic mass is 10.1. The van der Waals surface area contributed by atoms with Crippen molar-refractivity contribution in [2.45, 2.75) is 19.9 Å². The second-order valence-electron chi connectivity index (χ2n) is 3.85. The zero-order valence-corrected chi connectivity index (χ0v) is 11.4. The molecule has 0 aliphatic rings. The minimum Gasteiger partial charge on any atom is -0.380 e. The van der Waals surface area contributed by atoms with Crippen LogP contribution in [0.5, 0.6) is 0 Å². The number of aromatic nitrogens is 1. The van der Waals surface area contributed by atoms with E-state index >= 15 is 0 Å². The molecule has 2 nitrogen and oxygen atoms in total. The molecule has 17 heavy (non-hydrogen) atoms. The van der Waals surface area contributed by atoms with Crippen LogP contribution in [0.2, 0.25) is 0 Å². The maximum atomic E-state index is 4.19. The van der Waals surface area contributed by atoms with E-state index in [0.717, 1.165) is 23.3 Å². The van der Waals surface area contributed by atoms with Crippen LogP contribution in [0.15, 0.2) is 47.2 Å². The lowest BCUT2D eigenvalue weighted by Crippen LogP contribution is -2.02. The van der Waals surface area contributed by atoms with E-state index in [0.29, 0.717) is 0 Å². The number of anilines is 1. The molecule has 1 heterocycles. The van der Waals surface area contributed by atoms with Crippen molar-refractivity contribution in [2.24, 2.45) is 0 Å². The molecular formula is C14H15BrN2. The second kappa shape index (κ2) is 5.82. The van der Waals surface area contributed by atoms with Gasteiger partial charge in [-0.3, -0.25) is 0 Å². The van der Waals surface area contributed by atoms with Gasteiger partial charge in [0.25, 0.3) is 0 Å². The summed E-state index contributed by atoms with van der Waals surface area (Å²) in [5, 5.41) is 3.38. The number of hydrogen-bond acceptors (Lipinski definition) is 2. The molecule has 0 radical (unpaired) electrons. The summed E-state index contributed by atoms with van der Waals surface area (Å²) >= 11 is 3.33. The van der Waals surface area contributed by atoms with Crippen molar-refractivity contribution in [1.29, 1.82) is 0 Å². The number of hydrogen-bond donors (Lipinski definition) is 1. The fourth-order valence-electron chi connectivity index (χ4n) is 1.75. The van der Waals surface area contributed by atoms with Crippen molar-refractivity contribution < 1.29 is 0 Å². The number of rotatable bonds is 4. The molecule has 0 saturated heterocycles. The Labute approximate surface area is 110 Å². The summed E-state index contributed by atoms with van der Waals surface area (Å²) in [6.07, 6.45) is 2.90. The molecule has 0 unspecified atom stereocenters. The monoisotopic (exact) mass is 290 g/mol. The van der Waals surface area contributed by atoms with Crippen LogP contribution in [-0.2, 0) is 13.0 Å². The maximum absolute atomic E-state index is 4.19. The molecule has 0 amide bonds. The Balaban J connectivity index is 2.04. The van der Waals surface area contributed by atoms with Gasteiger partial charge in [-0.05, 0) is 45.6 Å². The van der Waals surface area contributed by atoms with Crippen molar-refractivity contribution in [3.63, 3.8) is 0 Å². The van der Waals surface area contributed by atoms with Crippen LogP contribution >= 0.6 is 15.9 Å². The van der Waals surface area contributed by atoms with E-state index in [-0.39, 0.29) is 0 Å². The van der Waals surface area contributed by atoms with Gasteiger partial charge in [0.1, 0.15) is 4.60 Å². The maximum Gasteiger partial charge on any atom is 0.106 e.